The molecule has 0 aromatic heterocycles. The molecular formula is C23H25ClF2N2O3. The van der Waals surface area contributed by atoms with Crippen molar-refractivity contribution in [1.82, 2.24) is 9.80 Å². The average Bonchev–Trinajstić information content (AvgIpc) is 2.77. The number of hydrogen-bond acceptors (Lipinski definition) is 3. The monoisotopic (exact) mass is 450 g/mol. The molecule has 0 aliphatic carbocycles. The van der Waals surface area contributed by atoms with Gasteiger partial charge in [0, 0.05) is 43.7 Å². The summed E-state index contributed by atoms with van der Waals surface area (Å²) in [6.45, 7) is 1.76. The van der Waals surface area contributed by atoms with E-state index in [9.17, 15) is 18.4 Å². The lowest BCUT2D eigenvalue weighted by atomic mass is 9.94. The second kappa shape index (κ2) is 10.6. The predicted octanol–water partition coefficient (Wildman–Crippen LogP) is 4.40. The molecule has 1 fully saturated rings. The number of halogens is 3. The van der Waals surface area contributed by atoms with Gasteiger partial charge in [-0.2, -0.15) is 0 Å². The Bertz CT molecular complexity index is 916. The quantitative estimate of drug-likeness (QED) is 0.587. The normalized spacial score (nSPS) is 14.4. The molecule has 1 heterocycles. The Hall–Kier alpha value is -2.67. The smallest absolute Gasteiger partial charge is 0.256 e. The number of nitrogens with zero attached hydrogens (tertiary/aromatic N) is 2. The summed E-state index contributed by atoms with van der Waals surface area (Å²) in [5.41, 5.74) is -0.149. The number of piperidine rings is 1. The molecule has 0 bridgehead atoms. The van der Waals surface area contributed by atoms with Gasteiger partial charge in [-0.15, -0.1) is 0 Å². The van der Waals surface area contributed by atoms with Crippen LogP contribution in [0.5, 0.6) is 5.75 Å². The van der Waals surface area contributed by atoms with E-state index in [2.05, 4.69) is 0 Å². The highest BCUT2D eigenvalue weighted by molar-refractivity contribution is 6.30. The third-order valence-corrected chi connectivity index (χ3v) is 5.64. The van der Waals surface area contributed by atoms with E-state index >= 15 is 0 Å². The molecule has 2 amide bonds. The number of hydrogen-bond donors (Lipinski definition) is 0. The highest BCUT2D eigenvalue weighted by atomic mass is 35.5. The van der Waals surface area contributed by atoms with Crippen molar-refractivity contribution in [1.29, 1.82) is 0 Å². The number of ether oxygens (including phenoxy) is 1. The Balaban J connectivity index is 1.41. The van der Waals surface area contributed by atoms with Gasteiger partial charge in [0.15, 0.2) is 0 Å². The number of likely N-dealkylation sites (tertiary alicyclic amines) is 1. The molecule has 0 saturated carbocycles. The van der Waals surface area contributed by atoms with Gasteiger partial charge in [0.25, 0.3) is 5.91 Å². The summed E-state index contributed by atoms with van der Waals surface area (Å²) in [7, 11) is 1.76. The number of amides is 2. The Labute approximate surface area is 185 Å². The fourth-order valence-corrected chi connectivity index (χ4v) is 3.73. The van der Waals surface area contributed by atoms with Crippen LogP contribution in [-0.2, 0) is 4.79 Å². The molecule has 0 atom stereocenters. The zero-order valence-corrected chi connectivity index (χ0v) is 18.1. The predicted molar refractivity (Wildman–Crippen MR) is 114 cm³/mol. The lowest BCUT2D eigenvalue weighted by Crippen LogP contribution is -2.44. The maximum Gasteiger partial charge on any atom is 0.256 e. The zero-order valence-electron chi connectivity index (χ0n) is 17.3. The molecular weight excluding hydrogens is 426 g/mol. The van der Waals surface area contributed by atoms with Gasteiger partial charge in [0.05, 0.1) is 12.2 Å². The van der Waals surface area contributed by atoms with Crippen molar-refractivity contribution >= 4 is 23.4 Å². The summed E-state index contributed by atoms with van der Waals surface area (Å²) < 4.78 is 32.6. The fraction of sp³-hybridized carbons (Fsp3) is 0.391. The number of benzene rings is 2. The van der Waals surface area contributed by atoms with E-state index in [1.807, 2.05) is 0 Å². The van der Waals surface area contributed by atoms with Crippen molar-refractivity contribution in [2.45, 2.75) is 19.3 Å². The third-order valence-electron chi connectivity index (χ3n) is 5.39. The minimum absolute atomic E-state index is 0.0338. The maximum absolute atomic E-state index is 13.9. The molecule has 0 spiro atoms. The second-order valence-electron chi connectivity index (χ2n) is 7.61. The molecule has 31 heavy (non-hydrogen) atoms. The first-order valence-electron chi connectivity index (χ1n) is 10.2. The van der Waals surface area contributed by atoms with Crippen molar-refractivity contribution < 1.29 is 23.1 Å². The standard InChI is InChI=1S/C23H25ClF2N2O3/c1-27(11-2-14-31-19-6-3-17(24)4-7-19)22(29)16-9-12-28(13-10-16)23(30)20-8-5-18(25)15-21(20)26/h3-8,15-16H,2,9-14H2,1H3. The van der Waals surface area contributed by atoms with Crippen molar-refractivity contribution in [3.63, 3.8) is 0 Å². The summed E-state index contributed by atoms with van der Waals surface area (Å²) in [4.78, 5) is 28.4. The summed E-state index contributed by atoms with van der Waals surface area (Å²) >= 11 is 5.84. The van der Waals surface area contributed by atoms with E-state index in [0.29, 0.717) is 56.6 Å². The molecule has 2 aromatic rings. The van der Waals surface area contributed by atoms with Crippen LogP contribution in [0, 0.1) is 17.6 Å². The van der Waals surface area contributed by atoms with E-state index in [1.54, 1.807) is 36.2 Å². The van der Waals surface area contributed by atoms with Crippen LogP contribution in [0.3, 0.4) is 0 Å². The number of carbonyl (C=O) groups is 2. The molecule has 0 N–H and O–H groups in total. The summed E-state index contributed by atoms with van der Waals surface area (Å²) in [6.07, 6.45) is 1.71. The van der Waals surface area contributed by atoms with Crippen LogP contribution >= 0.6 is 11.6 Å². The molecule has 8 heteroatoms. The van der Waals surface area contributed by atoms with Gasteiger partial charge in [-0.25, -0.2) is 8.78 Å². The van der Waals surface area contributed by atoms with Gasteiger partial charge < -0.3 is 14.5 Å². The topological polar surface area (TPSA) is 49.9 Å². The lowest BCUT2D eigenvalue weighted by Gasteiger charge is -2.33. The minimum atomic E-state index is -0.872. The van der Waals surface area contributed by atoms with Crippen molar-refractivity contribution in [3.8, 4) is 5.75 Å². The van der Waals surface area contributed by atoms with Gasteiger partial charge in [0.1, 0.15) is 17.4 Å². The molecule has 1 aliphatic rings. The molecule has 0 unspecified atom stereocenters. The average molecular weight is 451 g/mol. The minimum Gasteiger partial charge on any atom is -0.494 e. The SMILES string of the molecule is CN(CCCOc1ccc(Cl)cc1)C(=O)C1CCN(C(=O)c2ccc(F)cc2F)CC1. The van der Waals surface area contributed by atoms with Gasteiger partial charge in [-0.05, 0) is 55.7 Å². The van der Waals surface area contributed by atoms with Crippen molar-refractivity contribution in [3.05, 3.63) is 64.7 Å². The Morgan fingerprint density at radius 1 is 1.13 bits per heavy atom. The molecule has 3 rings (SSSR count). The van der Waals surface area contributed by atoms with Crippen molar-refractivity contribution in [2.24, 2.45) is 5.92 Å². The summed E-state index contributed by atoms with van der Waals surface area (Å²) in [5.74, 6) is -1.48. The van der Waals surface area contributed by atoms with Crippen LogP contribution in [0.2, 0.25) is 5.02 Å². The molecule has 1 aliphatic heterocycles. The highest BCUT2D eigenvalue weighted by Crippen LogP contribution is 2.22. The molecule has 1 saturated heterocycles. The first kappa shape index (κ1) is 23.0. The first-order valence-corrected chi connectivity index (χ1v) is 10.6. The van der Waals surface area contributed by atoms with Crippen LogP contribution in [0.15, 0.2) is 42.5 Å². The Kier molecular flexibility index (Phi) is 7.85. The number of carbonyl (C=O) groups excluding carboxylic acids is 2. The van der Waals surface area contributed by atoms with Crippen LogP contribution in [-0.4, -0.2) is 54.9 Å². The van der Waals surface area contributed by atoms with E-state index in [1.165, 1.54) is 4.90 Å². The van der Waals surface area contributed by atoms with Crippen LogP contribution in [0.25, 0.3) is 0 Å². The van der Waals surface area contributed by atoms with Crippen LogP contribution < -0.4 is 4.74 Å². The van der Waals surface area contributed by atoms with Gasteiger partial charge in [0.2, 0.25) is 5.91 Å². The van der Waals surface area contributed by atoms with Gasteiger partial charge in [-0.3, -0.25) is 9.59 Å². The maximum atomic E-state index is 13.9. The highest BCUT2D eigenvalue weighted by Gasteiger charge is 2.30. The van der Waals surface area contributed by atoms with E-state index < -0.39 is 17.5 Å². The zero-order chi connectivity index (χ0) is 22.4. The van der Waals surface area contributed by atoms with Gasteiger partial charge >= 0.3 is 0 Å². The summed E-state index contributed by atoms with van der Waals surface area (Å²) in [5, 5.41) is 0.647. The first-order chi connectivity index (χ1) is 14.8. The van der Waals surface area contributed by atoms with Crippen molar-refractivity contribution in [2.75, 3.05) is 33.3 Å². The molecule has 5 nitrogen and oxygen atoms in total. The van der Waals surface area contributed by atoms with E-state index in [0.717, 1.165) is 17.9 Å². The summed E-state index contributed by atoms with van der Waals surface area (Å²) in [6, 6.07) is 10.0. The van der Waals surface area contributed by atoms with Crippen LogP contribution in [0.4, 0.5) is 8.78 Å². The van der Waals surface area contributed by atoms with Gasteiger partial charge in [-0.1, -0.05) is 11.6 Å². The number of rotatable bonds is 7. The molecule has 2 aromatic carbocycles. The van der Waals surface area contributed by atoms with E-state index in [4.69, 9.17) is 16.3 Å². The molecule has 166 valence electrons. The third kappa shape index (κ3) is 6.17. The fourth-order valence-electron chi connectivity index (χ4n) is 3.61. The Morgan fingerprint density at radius 2 is 1.81 bits per heavy atom. The molecule has 0 radical (unpaired) electrons. The second-order valence-corrected chi connectivity index (χ2v) is 8.04. The lowest BCUT2D eigenvalue weighted by molar-refractivity contribution is -0.135. The van der Waals surface area contributed by atoms with E-state index in [-0.39, 0.29) is 17.4 Å². The largest absolute Gasteiger partial charge is 0.494 e. The van der Waals surface area contributed by atoms with Crippen LogP contribution in [0.1, 0.15) is 29.6 Å². The Morgan fingerprint density at radius 3 is 2.45 bits per heavy atom.